The lowest BCUT2D eigenvalue weighted by Gasteiger charge is -2.35. The molecule has 0 amide bonds. The maximum Gasteiger partial charge on any atom is 0.157 e. The van der Waals surface area contributed by atoms with Crippen LogP contribution in [0.25, 0.3) is 0 Å². The molecule has 2 unspecified atom stereocenters. The molecule has 4 heteroatoms. The topological polar surface area (TPSA) is 69.7 Å². The van der Waals surface area contributed by atoms with Crippen molar-refractivity contribution in [3.63, 3.8) is 0 Å². The molecule has 94 valence electrons. The Kier molecular flexibility index (Phi) is 3.54. The summed E-state index contributed by atoms with van der Waals surface area (Å²) in [4.78, 5) is 2.29. The van der Waals surface area contributed by atoms with Crippen LogP contribution in [0.15, 0.2) is 18.2 Å². The largest absolute Gasteiger partial charge is 0.504 e. The molecule has 0 bridgehead atoms. The van der Waals surface area contributed by atoms with Crippen LogP contribution in [0.5, 0.6) is 11.5 Å². The predicted octanol–water partition coefficient (Wildman–Crippen LogP) is 1.27. The van der Waals surface area contributed by atoms with E-state index in [4.69, 9.17) is 5.73 Å². The lowest BCUT2D eigenvalue weighted by molar-refractivity contribution is 0.162. The molecule has 17 heavy (non-hydrogen) atoms. The summed E-state index contributed by atoms with van der Waals surface area (Å²) >= 11 is 0. The number of rotatable bonds is 2. The average molecular weight is 236 g/mol. The molecular weight excluding hydrogens is 216 g/mol. The Morgan fingerprint density at radius 3 is 2.76 bits per heavy atom. The predicted molar refractivity (Wildman–Crippen MR) is 66.8 cm³/mol. The van der Waals surface area contributed by atoms with Gasteiger partial charge in [0.1, 0.15) is 0 Å². The van der Waals surface area contributed by atoms with Crippen LogP contribution < -0.4 is 5.73 Å². The lowest BCUT2D eigenvalue weighted by Crippen LogP contribution is -2.47. The van der Waals surface area contributed by atoms with E-state index in [9.17, 15) is 10.2 Å². The first-order chi connectivity index (χ1) is 8.06. The Bertz CT molecular complexity index is 395. The highest BCUT2D eigenvalue weighted by Crippen LogP contribution is 2.26. The van der Waals surface area contributed by atoms with Crippen LogP contribution >= 0.6 is 0 Å². The van der Waals surface area contributed by atoms with Crippen molar-refractivity contribution >= 4 is 0 Å². The summed E-state index contributed by atoms with van der Waals surface area (Å²) in [6, 6.07) is 5.20. The van der Waals surface area contributed by atoms with E-state index in [0.29, 0.717) is 5.92 Å². The highest BCUT2D eigenvalue weighted by molar-refractivity contribution is 5.40. The number of piperidine rings is 1. The van der Waals surface area contributed by atoms with E-state index >= 15 is 0 Å². The number of aromatic hydroxyl groups is 2. The van der Waals surface area contributed by atoms with E-state index in [0.717, 1.165) is 31.6 Å². The molecule has 0 spiro atoms. The van der Waals surface area contributed by atoms with Crippen molar-refractivity contribution in [1.29, 1.82) is 0 Å². The van der Waals surface area contributed by atoms with E-state index in [2.05, 4.69) is 11.8 Å². The van der Waals surface area contributed by atoms with Gasteiger partial charge in [0, 0.05) is 19.1 Å². The Balaban J connectivity index is 1.99. The lowest BCUT2D eigenvalue weighted by atomic mass is 9.94. The molecule has 4 N–H and O–H groups in total. The van der Waals surface area contributed by atoms with Crippen LogP contribution in [0.1, 0.15) is 18.9 Å². The molecule has 1 aliphatic rings. The van der Waals surface area contributed by atoms with Gasteiger partial charge in [0.15, 0.2) is 11.5 Å². The Morgan fingerprint density at radius 1 is 1.35 bits per heavy atom. The summed E-state index contributed by atoms with van der Waals surface area (Å²) in [7, 11) is 0. The number of nitrogens with two attached hydrogens (primary N) is 1. The highest BCUT2D eigenvalue weighted by Gasteiger charge is 2.22. The van der Waals surface area contributed by atoms with Crippen molar-refractivity contribution in [1.82, 2.24) is 4.90 Å². The zero-order valence-electron chi connectivity index (χ0n) is 10.1. The Labute approximate surface area is 102 Å². The quantitative estimate of drug-likeness (QED) is 0.676. The van der Waals surface area contributed by atoms with Crippen molar-refractivity contribution in [2.45, 2.75) is 25.9 Å². The minimum absolute atomic E-state index is 0.0582. The van der Waals surface area contributed by atoms with Gasteiger partial charge in [0.25, 0.3) is 0 Å². The second-order valence-corrected chi connectivity index (χ2v) is 4.99. The van der Waals surface area contributed by atoms with E-state index in [-0.39, 0.29) is 17.5 Å². The van der Waals surface area contributed by atoms with Crippen molar-refractivity contribution in [3.8, 4) is 11.5 Å². The van der Waals surface area contributed by atoms with Gasteiger partial charge in [-0.1, -0.05) is 13.0 Å². The van der Waals surface area contributed by atoms with Crippen LogP contribution in [-0.4, -0.2) is 34.2 Å². The van der Waals surface area contributed by atoms with Gasteiger partial charge in [0.05, 0.1) is 0 Å². The first-order valence-electron chi connectivity index (χ1n) is 6.05. The molecule has 2 rings (SSSR count). The van der Waals surface area contributed by atoms with E-state index < -0.39 is 0 Å². The van der Waals surface area contributed by atoms with E-state index in [1.54, 1.807) is 6.07 Å². The maximum atomic E-state index is 9.43. The molecule has 1 aromatic rings. The summed E-state index contributed by atoms with van der Waals surface area (Å²) in [5.41, 5.74) is 7.05. The summed E-state index contributed by atoms with van der Waals surface area (Å²) in [6.07, 6.45) is 1.12. The second-order valence-electron chi connectivity index (χ2n) is 4.99. The SMILES string of the molecule is CC1CCN(Cc2ccc(O)c(O)c2)CC1N. The Morgan fingerprint density at radius 2 is 2.12 bits per heavy atom. The molecule has 1 saturated heterocycles. The fourth-order valence-electron chi connectivity index (χ4n) is 2.24. The summed E-state index contributed by atoms with van der Waals surface area (Å²) in [6.45, 7) is 4.89. The van der Waals surface area contributed by atoms with Crippen molar-refractivity contribution in [3.05, 3.63) is 23.8 Å². The van der Waals surface area contributed by atoms with Gasteiger partial charge >= 0.3 is 0 Å². The number of benzene rings is 1. The third-order valence-electron chi connectivity index (χ3n) is 3.55. The minimum Gasteiger partial charge on any atom is -0.504 e. The summed E-state index contributed by atoms with van der Waals surface area (Å²) in [5, 5.41) is 18.7. The normalized spacial score (nSPS) is 26.0. The standard InChI is InChI=1S/C13H20N2O2/c1-9-4-5-15(8-11(9)14)7-10-2-3-12(16)13(17)6-10/h2-3,6,9,11,16-17H,4-5,7-8,14H2,1H3. The number of phenols is 2. The first-order valence-corrected chi connectivity index (χ1v) is 6.05. The Hall–Kier alpha value is -1.26. The number of nitrogens with zero attached hydrogens (tertiary/aromatic N) is 1. The average Bonchev–Trinajstić information content (AvgIpc) is 2.29. The number of likely N-dealkylation sites (tertiary alicyclic amines) is 1. The van der Waals surface area contributed by atoms with Crippen LogP contribution in [0.4, 0.5) is 0 Å². The van der Waals surface area contributed by atoms with Crippen molar-refractivity contribution < 1.29 is 10.2 Å². The molecule has 0 saturated carbocycles. The van der Waals surface area contributed by atoms with Crippen LogP contribution in [0.3, 0.4) is 0 Å². The minimum atomic E-state index is -0.0716. The molecule has 1 aromatic carbocycles. The van der Waals surface area contributed by atoms with Gasteiger partial charge in [0.2, 0.25) is 0 Å². The fourth-order valence-corrected chi connectivity index (χ4v) is 2.24. The summed E-state index contributed by atoms with van der Waals surface area (Å²) in [5.74, 6) is 0.453. The zero-order valence-corrected chi connectivity index (χ0v) is 10.1. The molecule has 0 radical (unpaired) electrons. The van der Waals surface area contributed by atoms with Crippen LogP contribution in [0, 0.1) is 5.92 Å². The monoisotopic (exact) mass is 236 g/mol. The molecule has 0 aliphatic carbocycles. The number of hydrogen-bond donors (Lipinski definition) is 3. The fraction of sp³-hybridized carbons (Fsp3) is 0.538. The molecule has 1 heterocycles. The van der Waals surface area contributed by atoms with Gasteiger partial charge in [-0.05, 0) is 36.6 Å². The summed E-state index contributed by atoms with van der Waals surface area (Å²) < 4.78 is 0. The molecule has 1 fully saturated rings. The van der Waals surface area contributed by atoms with Crippen molar-refractivity contribution in [2.75, 3.05) is 13.1 Å². The highest BCUT2D eigenvalue weighted by atomic mass is 16.3. The van der Waals surface area contributed by atoms with Gasteiger partial charge in [-0.15, -0.1) is 0 Å². The van der Waals surface area contributed by atoms with Crippen LogP contribution in [0.2, 0.25) is 0 Å². The maximum absolute atomic E-state index is 9.43. The van der Waals surface area contributed by atoms with Crippen molar-refractivity contribution in [2.24, 2.45) is 11.7 Å². The molecule has 0 aromatic heterocycles. The third kappa shape index (κ3) is 2.90. The van der Waals surface area contributed by atoms with Crippen LogP contribution in [-0.2, 0) is 6.54 Å². The van der Waals surface area contributed by atoms with E-state index in [1.807, 2.05) is 6.07 Å². The van der Waals surface area contributed by atoms with Gasteiger partial charge in [-0.3, -0.25) is 4.90 Å². The second kappa shape index (κ2) is 4.94. The number of hydrogen-bond acceptors (Lipinski definition) is 4. The van der Waals surface area contributed by atoms with Gasteiger partial charge in [-0.25, -0.2) is 0 Å². The zero-order chi connectivity index (χ0) is 12.4. The smallest absolute Gasteiger partial charge is 0.157 e. The number of phenolic OH excluding ortho intramolecular Hbond substituents is 2. The van der Waals surface area contributed by atoms with Gasteiger partial charge < -0.3 is 15.9 Å². The first kappa shape index (κ1) is 12.2. The molecule has 4 nitrogen and oxygen atoms in total. The molecule has 2 atom stereocenters. The van der Waals surface area contributed by atoms with Gasteiger partial charge in [-0.2, -0.15) is 0 Å². The third-order valence-corrected chi connectivity index (χ3v) is 3.55. The van der Waals surface area contributed by atoms with E-state index in [1.165, 1.54) is 6.07 Å². The molecular formula is C13H20N2O2. The molecule has 1 aliphatic heterocycles.